The van der Waals surface area contributed by atoms with E-state index >= 15 is 8.42 Å². The predicted octanol–water partition coefficient (Wildman–Crippen LogP) is 11.0. The third kappa shape index (κ3) is 6.41. The van der Waals surface area contributed by atoms with Gasteiger partial charge in [-0.2, -0.15) is 16.8 Å². The summed E-state index contributed by atoms with van der Waals surface area (Å²) in [5, 5.41) is 3.95. The lowest BCUT2D eigenvalue weighted by Gasteiger charge is -2.26. The van der Waals surface area contributed by atoms with Crippen LogP contribution in [0.15, 0.2) is 143 Å². The first-order chi connectivity index (χ1) is 25.5. The Hall–Kier alpha value is -5.28. The third-order valence-electron chi connectivity index (χ3n) is 10.3. The van der Waals surface area contributed by atoms with Gasteiger partial charge in [-0.05, 0) is 99.2 Å². The Morgan fingerprint density at radius 3 is 1.75 bits per heavy atom. The van der Waals surface area contributed by atoms with Crippen molar-refractivity contribution in [1.29, 1.82) is 0 Å². The van der Waals surface area contributed by atoms with Crippen molar-refractivity contribution in [2.75, 3.05) is 0 Å². The molecule has 0 fully saturated rings. The van der Waals surface area contributed by atoms with Crippen LogP contribution in [0.3, 0.4) is 0 Å². The lowest BCUT2D eigenvalue weighted by molar-refractivity contribution is 0.470. The van der Waals surface area contributed by atoms with Gasteiger partial charge in [-0.15, -0.1) is 0 Å². The fraction of sp³-hybridized carbons (Fsp3) is 0.156. The standard InChI is InChI=1S/C45H38O6S2/c1-29(2)40-28-43(52(46,47)48)38-22-10-11-23-39(38)44(40)51-53(49,50)45-41(32-14-4-3-5-15-32)26-33(36-24-12-18-30-16-6-8-20-34(30)36)27-42(45)37-25-13-19-31-17-7-9-21-35(31)37/h3-9,12-21,24-29H,10-11,22-23H2,1-2H3,(H,46,47,48). The van der Waals surface area contributed by atoms with Crippen LogP contribution in [-0.2, 0) is 33.1 Å². The van der Waals surface area contributed by atoms with Crippen LogP contribution in [0.4, 0.5) is 0 Å². The van der Waals surface area contributed by atoms with Crippen molar-refractivity contribution in [2.45, 2.75) is 55.2 Å². The minimum absolute atomic E-state index is 0.0159. The van der Waals surface area contributed by atoms with E-state index < -0.39 is 20.2 Å². The summed E-state index contributed by atoms with van der Waals surface area (Å²) in [4.78, 5) is -0.163. The summed E-state index contributed by atoms with van der Waals surface area (Å²) in [5.74, 6) is -0.170. The van der Waals surface area contributed by atoms with Gasteiger partial charge < -0.3 is 4.18 Å². The van der Waals surface area contributed by atoms with Gasteiger partial charge in [0.2, 0.25) is 0 Å². The van der Waals surface area contributed by atoms with E-state index in [9.17, 15) is 13.0 Å². The molecule has 1 N–H and O–H groups in total. The highest BCUT2D eigenvalue weighted by Gasteiger charge is 2.34. The van der Waals surface area contributed by atoms with Gasteiger partial charge >= 0.3 is 10.1 Å². The van der Waals surface area contributed by atoms with Crippen LogP contribution in [0.1, 0.15) is 49.3 Å². The molecular weight excluding hydrogens is 701 g/mol. The Bertz CT molecular complexity index is 2760. The van der Waals surface area contributed by atoms with Crippen LogP contribution in [0.25, 0.3) is 54.9 Å². The van der Waals surface area contributed by atoms with Crippen molar-refractivity contribution in [3.63, 3.8) is 0 Å². The number of hydrogen-bond acceptors (Lipinski definition) is 5. The molecule has 0 aliphatic heterocycles. The summed E-state index contributed by atoms with van der Waals surface area (Å²) in [6.45, 7) is 3.71. The van der Waals surface area contributed by atoms with E-state index in [1.165, 1.54) is 6.07 Å². The number of hydrogen-bond donors (Lipinski definition) is 1. The summed E-state index contributed by atoms with van der Waals surface area (Å²) in [6.07, 6.45) is 2.24. The molecule has 8 rings (SSSR count). The van der Waals surface area contributed by atoms with Crippen molar-refractivity contribution in [3.8, 4) is 39.1 Å². The van der Waals surface area contributed by atoms with Crippen molar-refractivity contribution in [2.24, 2.45) is 0 Å². The molecule has 6 nitrogen and oxygen atoms in total. The molecule has 0 radical (unpaired) electrons. The first-order valence-corrected chi connectivity index (χ1v) is 20.7. The molecule has 0 heterocycles. The first-order valence-electron chi connectivity index (χ1n) is 17.8. The number of rotatable bonds is 8. The summed E-state index contributed by atoms with van der Waals surface area (Å²) in [6, 6.07) is 42.8. The second-order valence-electron chi connectivity index (χ2n) is 13.9. The maximum Gasteiger partial charge on any atom is 0.340 e. The Morgan fingerprint density at radius 2 is 1.11 bits per heavy atom. The molecule has 0 saturated carbocycles. The molecule has 0 unspecified atom stereocenters. The summed E-state index contributed by atoms with van der Waals surface area (Å²) < 4.78 is 72.6. The van der Waals surface area contributed by atoms with E-state index in [0.29, 0.717) is 52.6 Å². The maximum absolute atomic E-state index is 15.3. The van der Waals surface area contributed by atoms with E-state index in [0.717, 1.165) is 44.7 Å². The van der Waals surface area contributed by atoms with Crippen LogP contribution >= 0.6 is 0 Å². The molecule has 0 aromatic heterocycles. The summed E-state index contributed by atoms with van der Waals surface area (Å²) in [5.41, 5.74) is 5.54. The molecular formula is C45H38O6S2. The van der Waals surface area contributed by atoms with Crippen LogP contribution < -0.4 is 4.18 Å². The highest BCUT2D eigenvalue weighted by Crippen LogP contribution is 2.46. The smallest absolute Gasteiger partial charge is 0.340 e. The minimum atomic E-state index is -4.63. The zero-order valence-corrected chi connectivity index (χ0v) is 31.0. The van der Waals surface area contributed by atoms with Gasteiger partial charge in [0.25, 0.3) is 10.1 Å². The van der Waals surface area contributed by atoms with E-state index in [1.807, 2.05) is 117 Å². The van der Waals surface area contributed by atoms with Gasteiger partial charge in [0.05, 0.1) is 4.90 Å². The molecule has 0 amide bonds. The van der Waals surface area contributed by atoms with E-state index in [1.54, 1.807) is 0 Å². The second kappa shape index (κ2) is 13.6. The normalized spacial score (nSPS) is 13.4. The van der Waals surface area contributed by atoms with Crippen LogP contribution in [0.2, 0.25) is 0 Å². The SMILES string of the molecule is CC(C)c1cc(S(=O)(=O)O)c2c(c1OS(=O)(=O)c1c(-c3ccccc3)cc(-c3cccc4ccccc34)cc1-c1cccc3ccccc13)CCCC2. The van der Waals surface area contributed by atoms with Crippen molar-refractivity contribution < 1.29 is 25.6 Å². The van der Waals surface area contributed by atoms with Gasteiger partial charge in [-0.1, -0.05) is 129 Å². The molecule has 7 aromatic carbocycles. The van der Waals surface area contributed by atoms with Gasteiger partial charge in [-0.3, -0.25) is 4.55 Å². The molecule has 266 valence electrons. The molecule has 0 saturated heterocycles. The van der Waals surface area contributed by atoms with Crippen molar-refractivity contribution in [1.82, 2.24) is 0 Å². The molecule has 1 aliphatic carbocycles. The Kier molecular flexibility index (Phi) is 8.93. The highest BCUT2D eigenvalue weighted by molar-refractivity contribution is 7.87. The summed E-state index contributed by atoms with van der Waals surface area (Å²) in [7, 11) is -9.20. The molecule has 7 aromatic rings. The largest absolute Gasteiger partial charge is 0.378 e. The van der Waals surface area contributed by atoms with E-state index in [-0.39, 0.29) is 21.5 Å². The Morgan fingerprint density at radius 1 is 0.566 bits per heavy atom. The van der Waals surface area contributed by atoms with Crippen molar-refractivity contribution in [3.05, 3.63) is 150 Å². The quantitative estimate of drug-likeness (QED) is 0.123. The monoisotopic (exact) mass is 738 g/mol. The van der Waals surface area contributed by atoms with Gasteiger partial charge in [0, 0.05) is 22.3 Å². The average molecular weight is 739 g/mol. The lowest BCUT2D eigenvalue weighted by atomic mass is 9.87. The highest BCUT2D eigenvalue weighted by atomic mass is 32.2. The predicted molar refractivity (Wildman–Crippen MR) is 213 cm³/mol. The van der Waals surface area contributed by atoms with E-state index in [2.05, 4.69) is 24.3 Å². The topological polar surface area (TPSA) is 97.7 Å². The fourth-order valence-corrected chi connectivity index (χ4v) is 10.0. The minimum Gasteiger partial charge on any atom is -0.378 e. The summed E-state index contributed by atoms with van der Waals surface area (Å²) >= 11 is 0. The molecule has 8 heteroatoms. The van der Waals surface area contributed by atoms with Crippen molar-refractivity contribution >= 4 is 41.8 Å². The molecule has 0 atom stereocenters. The van der Waals surface area contributed by atoms with Gasteiger partial charge in [0.1, 0.15) is 10.6 Å². The second-order valence-corrected chi connectivity index (χ2v) is 16.8. The molecule has 53 heavy (non-hydrogen) atoms. The van der Waals surface area contributed by atoms with Gasteiger partial charge in [-0.25, -0.2) is 0 Å². The van der Waals surface area contributed by atoms with Crippen LogP contribution in [-0.4, -0.2) is 21.4 Å². The molecule has 0 spiro atoms. The van der Waals surface area contributed by atoms with Gasteiger partial charge in [0.15, 0.2) is 0 Å². The van der Waals surface area contributed by atoms with Crippen LogP contribution in [0.5, 0.6) is 5.75 Å². The first kappa shape index (κ1) is 34.8. The zero-order chi connectivity index (χ0) is 36.9. The van der Waals surface area contributed by atoms with Crippen LogP contribution in [0, 0.1) is 0 Å². The number of fused-ring (bicyclic) bond motifs is 3. The fourth-order valence-electron chi connectivity index (χ4n) is 7.83. The van der Waals surface area contributed by atoms with E-state index in [4.69, 9.17) is 4.18 Å². The lowest BCUT2D eigenvalue weighted by Crippen LogP contribution is -2.19. The molecule has 0 bridgehead atoms. The Balaban J connectivity index is 1.46. The zero-order valence-electron chi connectivity index (χ0n) is 29.4. The Labute approximate surface area is 310 Å². The third-order valence-corrected chi connectivity index (χ3v) is 12.5. The number of benzene rings is 7. The molecule has 1 aliphatic rings. The maximum atomic E-state index is 15.3. The average Bonchev–Trinajstić information content (AvgIpc) is 3.16.